The van der Waals surface area contributed by atoms with Crippen LogP contribution in [0, 0.1) is 12.7 Å². The smallest absolute Gasteiger partial charge is 0.405 e. The highest BCUT2D eigenvalue weighted by molar-refractivity contribution is 5.85. The van der Waals surface area contributed by atoms with Crippen molar-refractivity contribution < 1.29 is 37.0 Å². The van der Waals surface area contributed by atoms with Gasteiger partial charge in [0.15, 0.2) is 5.69 Å². The van der Waals surface area contributed by atoms with Crippen molar-refractivity contribution in [2.24, 2.45) is 0 Å². The van der Waals surface area contributed by atoms with Crippen molar-refractivity contribution in [3.05, 3.63) is 83.0 Å². The third kappa shape index (κ3) is 8.10. The molecule has 0 unspecified atom stereocenters. The van der Waals surface area contributed by atoms with Gasteiger partial charge in [-0.3, -0.25) is 4.79 Å². The summed E-state index contributed by atoms with van der Waals surface area (Å²) in [7, 11) is 1.36. The molecule has 0 bridgehead atoms. The fourth-order valence-corrected chi connectivity index (χ4v) is 2.95. The monoisotopic (exact) mass is 495 g/mol. The highest BCUT2D eigenvalue weighted by atomic mass is 19.4. The topological polar surface area (TPSA) is 117 Å². The van der Waals surface area contributed by atoms with Crippen LogP contribution in [0.1, 0.15) is 34.1 Å². The van der Waals surface area contributed by atoms with E-state index in [4.69, 9.17) is 15.6 Å². The number of aromatic nitrogens is 2. The second kappa shape index (κ2) is 12.0. The van der Waals surface area contributed by atoms with E-state index in [0.29, 0.717) is 5.56 Å². The normalized spacial score (nSPS) is 11.7. The summed E-state index contributed by atoms with van der Waals surface area (Å²) in [5.41, 5.74) is 9.21. The van der Waals surface area contributed by atoms with Crippen LogP contribution in [0.4, 0.5) is 17.6 Å². The van der Waals surface area contributed by atoms with Crippen LogP contribution >= 0.6 is 0 Å². The minimum atomic E-state index is -4.42. The lowest BCUT2D eigenvalue weighted by molar-refractivity contribution is -0.138. The Labute approximate surface area is 198 Å². The maximum atomic E-state index is 13.5. The van der Waals surface area contributed by atoms with Crippen molar-refractivity contribution in [3.63, 3.8) is 0 Å². The Morgan fingerprint density at radius 2 is 1.80 bits per heavy atom. The van der Waals surface area contributed by atoms with Crippen LogP contribution < -0.4 is 10.1 Å². The molecule has 0 radical (unpaired) electrons. The minimum absolute atomic E-state index is 0.136. The van der Waals surface area contributed by atoms with Crippen LogP contribution in [0.3, 0.4) is 0 Å². The van der Waals surface area contributed by atoms with Crippen molar-refractivity contribution in [2.75, 3.05) is 13.7 Å². The molecule has 1 aromatic heterocycles. The lowest BCUT2D eigenvalue weighted by Gasteiger charge is -2.22. The lowest BCUT2D eigenvalue weighted by atomic mass is 9.99. The number of carboxylic acids is 1. The fourth-order valence-electron chi connectivity index (χ4n) is 2.95. The van der Waals surface area contributed by atoms with Crippen LogP contribution in [0.25, 0.3) is 11.4 Å². The molecule has 0 aliphatic heterocycles. The van der Waals surface area contributed by atoms with Crippen molar-refractivity contribution in [1.29, 1.82) is 0 Å². The number of aryl methyl sites for hydroxylation is 1. The van der Waals surface area contributed by atoms with Crippen LogP contribution in [0.5, 0.6) is 5.88 Å². The molecule has 2 aromatic carbocycles. The van der Waals surface area contributed by atoms with E-state index < -0.39 is 36.5 Å². The number of para-hydroxylation sites is 1. The Morgan fingerprint density at radius 1 is 1.17 bits per heavy atom. The first-order valence-corrected chi connectivity index (χ1v) is 10.1. The quantitative estimate of drug-likeness (QED) is 0.454. The molecule has 1 heterocycles. The second-order valence-electron chi connectivity index (χ2n) is 7.25. The number of methoxy groups -OCH3 is 1. The summed E-state index contributed by atoms with van der Waals surface area (Å²) in [4.78, 5) is 22.0. The zero-order valence-electron chi connectivity index (χ0n) is 18.8. The summed E-state index contributed by atoms with van der Waals surface area (Å²) >= 11 is 0. The second-order valence-corrected chi connectivity index (χ2v) is 7.25. The predicted molar refractivity (Wildman–Crippen MR) is 119 cm³/mol. The molecule has 1 atom stereocenters. The molecule has 12 heteroatoms. The van der Waals surface area contributed by atoms with E-state index in [1.807, 2.05) is 0 Å². The zero-order chi connectivity index (χ0) is 26.2. The number of carboxylic acid groups (broad SMARTS) is 1. The summed E-state index contributed by atoms with van der Waals surface area (Å²) in [5, 5.41) is 14.3. The van der Waals surface area contributed by atoms with Gasteiger partial charge in [-0.2, -0.15) is 23.0 Å². The number of carbonyl (C=O) groups is 2. The van der Waals surface area contributed by atoms with Gasteiger partial charge in [-0.05, 0) is 24.6 Å². The molecule has 0 saturated carbocycles. The molecule has 0 aliphatic rings. The number of benzene rings is 2. The molecule has 3 rings (SSSR count). The lowest BCUT2D eigenvalue weighted by Crippen LogP contribution is -2.34. The number of halogens is 4. The summed E-state index contributed by atoms with van der Waals surface area (Å²) in [6, 6.07) is 13.3. The SMILES string of the molecule is COc1cc(C(=O)O)nn1-c1ccccc1F.Cc1ccccc1[C@@H]([NH-])CC(=O)NCC(F)(F)F. The van der Waals surface area contributed by atoms with E-state index >= 15 is 0 Å². The first kappa shape index (κ1) is 27.3. The average Bonchev–Trinajstić information content (AvgIpc) is 3.23. The zero-order valence-corrected chi connectivity index (χ0v) is 18.8. The Bertz CT molecular complexity index is 1160. The number of ether oxygens (including phenoxy) is 1. The van der Waals surface area contributed by atoms with E-state index in [9.17, 15) is 27.2 Å². The molecule has 188 valence electrons. The van der Waals surface area contributed by atoms with Gasteiger partial charge in [0, 0.05) is 12.5 Å². The molecule has 0 fully saturated rings. The van der Waals surface area contributed by atoms with Crippen LogP contribution in [-0.4, -0.2) is 46.6 Å². The summed E-state index contributed by atoms with van der Waals surface area (Å²) < 4.78 is 55.2. The molecule has 35 heavy (non-hydrogen) atoms. The highest BCUT2D eigenvalue weighted by Crippen LogP contribution is 2.23. The number of carbonyl (C=O) groups excluding carboxylic acids is 1. The van der Waals surface area contributed by atoms with Crippen LogP contribution in [0.2, 0.25) is 0 Å². The Morgan fingerprint density at radius 3 is 2.37 bits per heavy atom. The van der Waals surface area contributed by atoms with E-state index in [1.54, 1.807) is 42.6 Å². The van der Waals surface area contributed by atoms with Gasteiger partial charge in [0.2, 0.25) is 11.8 Å². The number of hydrogen-bond acceptors (Lipinski definition) is 4. The van der Waals surface area contributed by atoms with Gasteiger partial charge in [0.05, 0.1) is 7.11 Å². The van der Waals surface area contributed by atoms with E-state index in [-0.39, 0.29) is 23.7 Å². The molecule has 0 saturated heterocycles. The number of nitrogens with zero attached hydrogens (tertiary/aromatic N) is 2. The van der Waals surface area contributed by atoms with Crippen LogP contribution in [0.15, 0.2) is 54.6 Å². The molecule has 8 nitrogen and oxygen atoms in total. The van der Waals surface area contributed by atoms with Gasteiger partial charge in [0.25, 0.3) is 0 Å². The van der Waals surface area contributed by atoms with Gasteiger partial charge in [-0.15, -0.1) is 6.04 Å². The first-order chi connectivity index (χ1) is 16.4. The maximum Gasteiger partial charge on any atom is 0.405 e. The number of nitrogens with one attached hydrogen (secondary N) is 2. The third-order valence-electron chi connectivity index (χ3n) is 4.62. The number of alkyl halides is 3. The predicted octanol–water partition coefficient (Wildman–Crippen LogP) is 4.88. The Balaban J connectivity index is 0.000000247. The van der Waals surface area contributed by atoms with E-state index in [1.165, 1.54) is 31.4 Å². The average molecular weight is 495 g/mol. The van der Waals surface area contributed by atoms with Gasteiger partial charge >= 0.3 is 12.1 Å². The third-order valence-corrected chi connectivity index (χ3v) is 4.62. The first-order valence-electron chi connectivity index (χ1n) is 10.1. The molecule has 3 aromatic rings. The Kier molecular flexibility index (Phi) is 9.34. The van der Waals surface area contributed by atoms with Gasteiger partial charge in [-0.25, -0.2) is 9.18 Å². The van der Waals surface area contributed by atoms with Crippen molar-refractivity contribution in [1.82, 2.24) is 15.1 Å². The van der Waals surface area contributed by atoms with Crippen LogP contribution in [-0.2, 0) is 4.79 Å². The van der Waals surface area contributed by atoms with Gasteiger partial charge in [-0.1, -0.05) is 42.0 Å². The number of amides is 1. The van der Waals surface area contributed by atoms with Crippen molar-refractivity contribution in [3.8, 4) is 11.6 Å². The standard InChI is InChI=1S/C12H14F3N2O.C11H9FN2O3/c1-8-4-2-3-5-9(8)10(16)6-11(18)17-7-12(13,14)15;1-17-10-6-8(11(15)16)13-14(10)9-5-3-2-4-7(9)12/h2-5,10,16H,6-7H2,1H3,(H,17,18);2-6H,1H3,(H,15,16)/q-1;/t10-;/m0./s1. The molecular weight excluding hydrogens is 472 g/mol. The number of aromatic carboxylic acids is 1. The molecular formula is C23H23F4N4O4-. The van der Waals surface area contributed by atoms with Crippen molar-refractivity contribution in [2.45, 2.75) is 25.6 Å². The molecule has 0 aliphatic carbocycles. The summed E-state index contributed by atoms with van der Waals surface area (Å²) in [6.07, 6.45) is -4.70. The van der Waals surface area contributed by atoms with Gasteiger partial charge < -0.3 is 20.9 Å². The van der Waals surface area contributed by atoms with E-state index in [0.717, 1.165) is 10.2 Å². The molecule has 1 amide bonds. The Hall–Kier alpha value is -3.93. The molecule has 3 N–H and O–H groups in total. The van der Waals surface area contributed by atoms with E-state index in [2.05, 4.69) is 5.10 Å². The van der Waals surface area contributed by atoms with Crippen molar-refractivity contribution >= 4 is 11.9 Å². The van der Waals surface area contributed by atoms with Gasteiger partial charge in [0.1, 0.15) is 18.0 Å². The highest BCUT2D eigenvalue weighted by Gasteiger charge is 2.27. The number of hydrogen-bond donors (Lipinski definition) is 2. The number of rotatable bonds is 7. The molecule has 0 spiro atoms. The maximum absolute atomic E-state index is 13.5. The fraction of sp³-hybridized carbons (Fsp3) is 0.261. The summed E-state index contributed by atoms with van der Waals surface area (Å²) in [6.45, 7) is 0.441. The summed E-state index contributed by atoms with van der Waals surface area (Å²) in [5.74, 6) is -2.31. The minimum Gasteiger partial charge on any atom is -0.670 e. The largest absolute Gasteiger partial charge is 0.670 e.